The summed E-state index contributed by atoms with van der Waals surface area (Å²) in [6.07, 6.45) is 0. The van der Waals surface area contributed by atoms with Crippen LogP contribution in [0.4, 0.5) is 5.69 Å². The third-order valence-corrected chi connectivity index (χ3v) is 3.60. The van der Waals surface area contributed by atoms with Gasteiger partial charge in [0, 0.05) is 16.2 Å². The van der Waals surface area contributed by atoms with Gasteiger partial charge < -0.3 is 11.1 Å². The van der Waals surface area contributed by atoms with Crippen LogP contribution in [0.5, 0.6) is 0 Å². The van der Waals surface area contributed by atoms with E-state index in [0.29, 0.717) is 10.7 Å². The number of hydrogen-bond acceptors (Lipinski definition) is 2. The number of carbonyl (C=O) groups excluding carboxylic acids is 1. The number of carbonyl (C=O) groups is 1. The SMILES string of the molecule is CC(N)C(C)C(=O)Nc1ccc(Cl)c(Br)c1.Cl. The Kier molecular flexibility index (Phi) is 7.09. The molecule has 6 heteroatoms. The quantitative estimate of drug-likeness (QED) is 0.884. The zero-order valence-corrected chi connectivity index (χ0v) is 12.7. The van der Waals surface area contributed by atoms with Crippen LogP contribution in [0.3, 0.4) is 0 Å². The summed E-state index contributed by atoms with van der Waals surface area (Å²) in [4.78, 5) is 11.7. The topological polar surface area (TPSA) is 55.1 Å². The van der Waals surface area contributed by atoms with Crippen molar-refractivity contribution in [3.8, 4) is 0 Å². The van der Waals surface area contributed by atoms with E-state index >= 15 is 0 Å². The largest absolute Gasteiger partial charge is 0.327 e. The summed E-state index contributed by atoms with van der Waals surface area (Å²) in [7, 11) is 0. The molecule has 0 saturated heterocycles. The van der Waals surface area contributed by atoms with Crippen molar-refractivity contribution in [2.75, 3.05) is 5.32 Å². The molecule has 1 aromatic carbocycles. The number of amides is 1. The fourth-order valence-electron chi connectivity index (χ4n) is 1.07. The van der Waals surface area contributed by atoms with E-state index in [2.05, 4.69) is 21.2 Å². The van der Waals surface area contributed by atoms with Crippen molar-refractivity contribution >= 4 is 51.5 Å². The van der Waals surface area contributed by atoms with Gasteiger partial charge in [0.05, 0.1) is 10.9 Å². The van der Waals surface area contributed by atoms with Crippen LogP contribution in [0.1, 0.15) is 13.8 Å². The van der Waals surface area contributed by atoms with Crippen molar-refractivity contribution < 1.29 is 4.79 Å². The highest BCUT2D eigenvalue weighted by Crippen LogP contribution is 2.25. The minimum atomic E-state index is -0.227. The van der Waals surface area contributed by atoms with Gasteiger partial charge in [-0.25, -0.2) is 0 Å². The van der Waals surface area contributed by atoms with Gasteiger partial charge >= 0.3 is 0 Å². The number of anilines is 1. The second kappa shape index (κ2) is 7.21. The number of benzene rings is 1. The molecule has 0 radical (unpaired) electrons. The molecule has 17 heavy (non-hydrogen) atoms. The minimum absolute atomic E-state index is 0. The summed E-state index contributed by atoms with van der Waals surface area (Å²) >= 11 is 9.14. The Balaban J connectivity index is 0.00000256. The molecule has 96 valence electrons. The van der Waals surface area contributed by atoms with E-state index in [9.17, 15) is 4.79 Å². The predicted molar refractivity (Wildman–Crippen MR) is 77.8 cm³/mol. The van der Waals surface area contributed by atoms with Crippen LogP contribution >= 0.6 is 39.9 Å². The molecule has 3 N–H and O–H groups in total. The van der Waals surface area contributed by atoms with Gasteiger partial charge in [0.2, 0.25) is 5.91 Å². The van der Waals surface area contributed by atoms with Gasteiger partial charge in [0.1, 0.15) is 0 Å². The summed E-state index contributed by atoms with van der Waals surface area (Å²) < 4.78 is 0.750. The standard InChI is InChI=1S/C11H14BrClN2O.ClH/c1-6(7(2)14)11(16)15-8-3-4-10(13)9(12)5-8;/h3-7H,14H2,1-2H3,(H,15,16);1H. The Hall–Kier alpha value is -0.290. The second-order valence-corrected chi connectivity index (χ2v) is 5.03. The van der Waals surface area contributed by atoms with Crippen molar-refractivity contribution in [2.45, 2.75) is 19.9 Å². The van der Waals surface area contributed by atoms with Crippen LogP contribution in [0.15, 0.2) is 22.7 Å². The van der Waals surface area contributed by atoms with Crippen LogP contribution in [0, 0.1) is 5.92 Å². The Morgan fingerprint density at radius 2 is 2.06 bits per heavy atom. The molecular weight excluding hydrogens is 327 g/mol. The maximum absolute atomic E-state index is 11.7. The molecule has 0 aliphatic carbocycles. The molecule has 3 nitrogen and oxygen atoms in total. The molecular formula is C11H15BrCl2N2O. The molecule has 0 aromatic heterocycles. The Bertz CT molecular complexity index is 399. The molecule has 0 aliphatic heterocycles. The molecule has 0 heterocycles. The van der Waals surface area contributed by atoms with Crippen LogP contribution in [-0.2, 0) is 4.79 Å². The number of hydrogen-bond donors (Lipinski definition) is 2. The fourth-order valence-corrected chi connectivity index (χ4v) is 1.57. The summed E-state index contributed by atoms with van der Waals surface area (Å²) in [6, 6.07) is 5.06. The normalized spacial score (nSPS) is 13.5. The summed E-state index contributed by atoms with van der Waals surface area (Å²) in [6.45, 7) is 3.60. The number of rotatable bonds is 3. The van der Waals surface area contributed by atoms with Gasteiger partial charge in [-0.15, -0.1) is 12.4 Å². The lowest BCUT2D eigenvalue weighted by Gasteiger charge is -2.15. The van der Waals surface area contributed by atoms with Gasteiger partial charge in [-0.1, -0.05) is 18.5 Å². The molecule has 0 saturated carbocycles. The molecule has 0 bridgehead atoms. The first kappa shape index (κ1) is 16.7. The lowest BCUT2D eigenvalue weighted by molar-refractivity contribution is -0.119. The van der Waals surface area contributed by atoms with E-state index in [4.69, 9.17) is 17.3 Å². The van der Waals surface area contributed by atoms with Gasteiger partial charge in [-0.3, -0.25) is 4.79 Å². The van der Waals surface area contributed by atoms with Gasteiger partial charge in [-0.05, 0) is 41.1 Å². The summed E-state index contributed by atoms with van der Waals surface area (Å²) in [5.74, 6) is -0.321. The maximum atomic E-state index is 11.7. The average molecular weight is 342 g/mol. The highest BCUT2D eigenvalue weighted by molar-refractivity contribution is 9.10. The summed E-state index contributed by atoms with van der Waals surface area (Å²) in [5.41, 5.74) is 6.36. The van der Waals surface area contributed by atoms with E-state index in [-0.39, 0.29) is 30.3 Å². The van der Waals surface area contributed by atoms with Crippen LogP contribution in [0.2, 0.25) is 5.02 Å². The van der Waals surface area contributed by atoms with Crippen molar-refractivity contribution in [3.63, 3.8) is 0 Å². The second-order valence-electron chi connectivity index (χ2n) is 3.77. The van der Waals surface area contributed by atoms with Crippen molar-refractivity contribution in [2.24, 2.45) is 11.7 Å². The van der Waals surface area contributed by atoms with Crippen molar-refractivity contribution in [1.82, 2.24) is 0 Å². The fraction of sp³-hybridized carbons (Fsp3) is 0.364. The Morgan fingerprint density at radius 3 is 2.53 bits per heavy atom. The molecule has 0 aliphatic rings. The van der Waals surface area contributed by atoms with E-state index < -0.39 is 0 Å². The highest BCUT2D eigenvalue weighted by atomic mass is 79.9. The highest BCUT2D eigenvalue weighted by Gasteiger charge is 2.17. The van der Waals surface area contributed by atoms with E-state index in [1.165, 1.54) is 0 Å². The van der Waals surface area contributed by atoms with E-state index in [1.807, 2.05) is 6.92 Å². The monoisotopic (exact) mass is 340 g/mol. The van der Waals surface area contributed by atoms with Gasteiger partial charge in [-0.2, -0.15) is 0 Å². The first-order valence-electron chi connectivity index (χ1n) is 4.93. The van der Waals surface area contributed by atoms with E-state index in [0.717, 1.165) is 4.47 Å². The lowest BCUT2D eigenvalue weighted by Crippen LogP contribution is -2.34. The average Bonchev–Trinajstić information content (AvgIpc) is 2.22. The molecule has 1 aromatic rings. The summed E-state index contributed by atoms with van der Waals surface area (Å²) in [5, 5.41) is 3.39. The lowest BCUT2D eigenvalue weighted by atomic mass is 10.0. The number of nitrogens with one attached hydrogen (secondary N) is 1. The zero-order chi connectivity index (χ0) is 12.3. The van der Waals surface area contributed by atoms with Gasteiger partial charge in [0.15, 0.2) is 0 Å². The minimum Gasteiger partial charge on any atom is -0.327 e. The van der Waals surface area contributed by atoms with Crippen LogP contribution in [0.25, 0.3) is 0 Å². The Morgan fingerprint density at radius 1 is 1.47 bits per heavy atom. The smallest absolute Gasteiger partial charge is 0.228 e. The van der Waals surface area contributed by atoms with Gasteiger partial charge in [0.25, 0.3) is 0 Å². The molecule has 0 fully saturated rings. The zero-order valence-electron chi connectivity index (χ0n) is 9.54. The van der Waals surface area contributed by atoms with E-state index in [1.54, 1.807) is 25.1 Å². The van der Waals surface area contributed by atoms with Crippen molar-refractivity contribution in [1.29, 1.82) is 0 Å². The van der Waals surface area contributed by atoms with Crippen molar-refractivity contribution in [3.05, 3.63) is 27.7 Å². The molecule has 1 rings (SSSR count). The maximum Gasteiger partial charge on any atom is 0.228 e. The van der Waals surface area contributed by atoms with Crippen LogP contribution < -0.4 is 11.1 Å². The first-order chi connectivity index (χ1) is 7.41. The third-order valence-electron chi connectivity index (χ3n) is 2.39. The third kappa shape index (κ3) is 4.84. The predicted octanol–water partition coefficient (Wildman–Crippen LogP) is 3.45. The molecule has 0 spiro atoms. The van der Waals surface area contributed by atoms with Crippen LogP contribution in [-0.4, -0.2) is 11.9 Å². The number of halogens is 3. The molecule has 2 unspecified atom stereocenters. The first-order valence-corrected chi connectivity index (χ1v) is 6.10. The Labute approximate surface area is 121 Å². The molecule has 1 amide bonds. The molecule has 2 atom stereocenters. The number of nitrogens with two attached hydrogens (primary N) is 1.